The summed E-state index contributed by atoms with van der Waals surface area (Å²) in [5.41, 5.74) is 2.15. The molecule has 3 heteroatoms. The van der Waals surface area contributed by atoms with Crippen LogP contribution in [0, 0.1) is 13.8 Å². The van der Waals surface area contributed by atoms with Crippen molar-refractivity contribution in [1.82, 2.24) is 9.66 Å². The molecule has 1 aromatic rings. The molecule has 2 N–H and O–H groups in total. The van der Waals surface area contributed by atoms with Gasteiger partial charge in [0.1, 0.15) is 5.82 Å². The molecule has 1 rings (SSSR count). The zero-order chi connectivity index (χ0) is 14.1. The van der Waals surface area contributed by atoms with E-state index in [2.05, 4.69) is 11.9 Å². The van der Waals surface area contributed by atoms with Gasteiger partial charge in [0.05, 0.1) is 11.4 Å². The molecule has 0 unspecified atom stereocenters. The summed E-state index contributed by atoms with van der Waals surface area (Å²) in [6.07, 6.45) is 13.3. The van der Waals surface area contributed by atoms with Gasteiger partial charge in [-0.15, -0.1) is 0 Å². The number of nitrogen functional groups attached to an aromatic ring is 1. The van der Waals surface area contributed by atoms with E-state index in [0.29, 0.717) is 0 Å². The predicted molar refractivity (Wildman–Crippen MR) is 82.8 cm³/mol. The summed E-state index contributed by atoms with van der Waals surface area (Å²) in [6.45, 7) is 6.32. The van der Waals surface area contributed by atoms with Crippen molar-refractivity contribution < 1.29 is 0 Å². The van der Waals surface area contributed by atoms with Gasteiger partial charge in [-0.1, -0.05) is 58.3 Å². The number of hydrogen-bond donors (Lipinski definition) is 1. The fourth-order valence-corrected chi connectivity index (χ4v) is 2.47. The number of aryl methyl sites for hydroxylation is 2. The Labute approximate surface area is 118 Å². The lowest BCUT2D eigenvalue weighted by Gasteiger charge is -2.04. The molecule has 0 aliphatic heterocycles. The van der Waals surface area contributed by atoms with E-state index in [-0.39, 0.29) is 0 Å². The van der Waals surface area contributed by atoms with E-state index in [0.717, 1.165) is 23.6 Å². The Morgan fingerprint density at radius 2 is 1.42 bits per heavy atom. The maximum Gasteiger partial charge on any atom is 0.127 e. The van der Waals surface area contributed by atoms with Crippen molar-refractivity contribution in [2.24, 2.45) is 0 Å². The maximum absolute atomic E-state index is 5.97. The number of nitrogens with two attached hydrogens (primary N) is 1. The van der Waals surface area contributed by atoms with Crippen LogP contribution in [0.15, 0.2) is 0 Å². The first kappa shape index (κ1) is 16.1. The number of aromatic nitrogens is 2. The standard InChI is InChI=1S/C16H31N3/c1-4-5-6-7-8-9-10-11-12-13-16-18-14(2)15(3)19(16)17/h4-13,17H2,1-3H3. The highest BCUT2D eigenvalue weighted by molar-refractivity contribution is 5.14. The highest BCUT2D eigenvalue weighted by atomic mass is 15.3. The van der Waals surface area contributed by atoms with Gasteiger partial charge in [0, 0.05) is 6.42 Å². The molecule has 0 aromatic carbocycles. The molecule has 0 saturated carbocycles. The molecule has 0 atom stereocenters. The summed E-state index contributed by atoms with van der Waals surface area (Å²) in [5.74, 6) is 7.01. The number of imidazole rings is 1. The van der Waals surface area contributed by atoms with E-state index < -0.39 is 0 Å². The van der Waals surface area contributed by atoms with Gasteiger partial charge in [-0.3, -0.25) is 4.68 Å². The maximum atomic E-state index is 5.97. The topological polar surface area (TPSA) is 43.8 Å². The molecule has 0 fully saturated rings. The van der Waals surface area contributed by atoms with Gasteiger partial charge in [-0.05, 0) is 20.3 Å². The molecule has 0 saturated heterocycles. The van der Waals surface area contributed by atoms with Crippen LogP contribution in [0.4, 0.5) is 0 Å². The highest BCUT2D eigenvalue weighted by Crippen LogP contribution is 2.12. The van der Waals surface area contributed by atoms with E-state index >= 15 is 0 Å². The van der Waals surface area contributed by atoms with Gasteiger partial charge in [0.15, 0.2) is 0 Å². The molecule has 0 aliphatic carbocycles. The molecule has 0 aliphatic rings. The van der Waals surface area contributed by atoms with Crippen molar-refractivity contribution in [3.63, 3.8) is 0 Å². The molecule has 0 spiro atoms. The smallest absolute Gasteiger partial charge is 0.127 e. The van der Waals surface area contributed by atoms with Crippen LogP contribution in [0.5, 0.6) is 0 Å². The van der Waals surface area contributed by atoms with Crippen LogP contribution in [0.2, 0.25) is 0 Å². The van der Waals surface area contributed by atoms with Crippen LogP contribution in [0.25, 0.3) is 0 Å². The third-order valence-electron chi connectivity index (χ3n) is 3.96. The molecule has 3 nitrogen and oxygen atoms in total. The van der Waals surface area contributed by atoms with Crippen molar-refractivity contribution >= 4 is 0 Å². The van der Waals surface area contributed by atoms with Crippen LogP contribution in [0.3, 0.4) is 0 Å². The minimum absolute atomic E-state index is 1.01. The molecule has 1 heterocycles. The Kier molecular flexibility index (Phi) is 7.61. The van der Waals surface area contributed by atoms with Gasteiger partial charge in [0.2, 0.25) is 0 Å². The van der Waals surface area contributed by atoms with Gasteiger partial charge in [-0.25, -0.2) is 4.98 Å². The summed E-state index contributed by atoms with van der Waals surface area (Å²) >= 11 is 0. The zero-order valence-electron chi connectivity index (χ0n) is 13.0. The minimum Gasteiger partial charge on any atom is -0.338 e. The molecular weight excluding hydrogens is 234 g/mol. The van der Waals surface area contributed by atoms with Crippen molar-refractivity contribution in [3.8, 4) is 0 Å². The molecule has 0 bridgehead atoms. The van der Waals surface area contributed by atoms with E-state index in [1.54, 1.807) is 4.68 Å². The Morgan fingerprint density at radius 1 is 0.895 bits per heavy atom. The fraction of sp³-hybridized carbons (Fsp3) is 0.812. The fourth-order valence-electron chi connectivity index (χ4n) is 2.47. The summed E-state index contributed by atoms with van der Waals surface area (Å²) < 4.78 is 1.75. The van der Waals surface area contributed by atoms with Gasteiger partial charge >= 0.3 is 0 Å². The van der Waals surface area contributed by atoms with E-state index in [9.17, 15) is 0 Å². The number of hydrogen-bond acceptors (Lipinski definition) is 2. The third kappa shape index (κ3) is 5.66. The first-order chi connectivity index (χ1) is 9.16. The summed E-state index contributed by atoms with van der Waals surface area (Å²) in [7, 11) is 0. The second kappa shape index (κ2) is 9.00. The Balaban J connectivity index is 2.03. The van der Waals surface area contributed by atoms with Crippen molar-refractivity contribution in [1.29, 1.82) is 0 Å². The number of nitrogens with zero attached hydrogens (tertiary/aromatic N) is 2. The molecule has 110 valence electrons. The largest absolute Gasteiger partial charge is 0.338 e. The lowest BCUT2D eigenvalue weighted by atomic mass is 10.1. The molecule has 1 aromatic heterocycles. The van der Waals surface area contributed by atoms with Gasteiger partial charge in [-0.2, -0.15) is 0 Å². The van der Waals surface area contributed by atoms with Crippen LogP contribution in [-0.2, 0) is 6.42 Å². The lowest BCUT2D eigenvalue weighted by molar-refractivity contribution is 0.560. The van der Waals surface area contributed by atoms with Crippen molar-refractivity contribution in [3.05, 3.63) is 17.2 Å². The van der Waals surface area contributed by atoms with Crippen LogP contribution in [-0.4, -0.2) is 9.66 Å². The van der Waals surface area contributed by atoms with Gasteiger partial charge in [0.25, 0.3) is 0 Å². The number of unbranched alkanes of at least 4 members (excludes halogenated alkanes) is 8. The van der Waals surface area contributed by atoms with E-state index in [1.807, 2.05) is 13.8 Å². The zero-order valence-corrected chi connectivity index (χ0v) is 13.0. The second-order valence-corrected chi connectivity index (χ2v) is 5.65. The third-order valence-corrected chi connectivity index (χ3v) is 3.96. The molecular formula is C16H31N3. The highest BCUT2D eigenvalue weighted by Gasteiger charge is 2.07. The van der Waals surface area contributed by atoms with Crippen LogP contribution < -0.4 is 5.84 Å². The van der Waals surface area contributed by atoms with Crippen molar-refractivity contribution in [2.45, 2.75) is 85.0 Å². The normalized spacial score (nSPS) is 11.1. The summed E-state index contributed by atoms with van der Waals surface area (Å²) in [4.78, 5) is 4.52. The molecule has 19 heavy (non-hydrogen) atoms. The average Bonchev–Trinajstić information content (AvgIpc) is 2.64. The van der Waals surface area contributed by atoms with Crippen LogP contribution >= 0.6 is 0 Å². The van der Waals surface area contributed by atoms with Crippen molar-refractivity contribution in [2.75, 3.05) is 5.84 Å². The molecule has 0 radical (unpaired) electrons. The number of rotatable bonds is 10. The Hall–Kier alpha value is -0.990. The van der Waals surface area contributed by atoms with Crippen LogP contribution in [0.1, 0.15) is 81.9 Å². The molecule has 0 amide bonds. The summed E-state index contributed by atoms with van der Waals surface area (Å²) in [5, 5.41) is 0. The monoisotopic (exact) mass is 265 g/mol. The average molecular weight is 265 g/mol. The predicted octanol–water partition coefficient (Wildman–Crippen LogP) is 4.29. The Bertz CT molecular complexity index is 355. The van der Waals surface area contributed by atoms with E-state index in [1.165, 1.54) is 57.8 Å². The SMILES string of the molecule is CCCCCCCCCCCc1nc(C)c(C)n1N. The lowest BCUT2D eigenvalue weighted by Crippen LogP contribution is -2.14. The first-order valence-corrected chi connectivity index (χ1v) is 7.96. The minimum atomic E-state index is 1.01. The Morgan fingerprint density at radius 3 is 1.89 bits per heavy atom. The summed E-state index contributed by atoms with van der Waals surface area (Å²) in [6, 6.07) is 0. The van der Waals surface area contributed by atoms with E-state index in [4.69, 9.17) is 5.84 Å². The van der Waals surface area contributed by atoms with Gasteiger partial charge < -0.3 is 5.84 Å². The first-order valence-electron chi connectivity index (χ1n) is 7.96. The second-order valence-electron chi connectivity index (χ2n) is 5.65. The quantitative estimate of drug-likeness (QED) is 0.506.